The van der Waals surface area contributed by atoms with Crippen LogP contribution in [0, 0.1) is 23.5 Å². The lowest BCUT2D eigenvalue weighted by atomic mass is 9.98. The molecule has 0 radical (unpaired) electrons. The lowest BCUT2D eigenvalue weighted by Gasteiger charge is -2.26. The Morgan fingerprint density at radius 2 is 1.73 bits per heavy atom. The Labute approximate surface area is 255 Å². The Morgan fingerprint density at radius 3 is 2.41 bits per heavy atom. The Bertz CT molecular complexity index is 1510. The zero-order valence-electron chi connectivity index (χ0n) is 25.0. The van der Waals surface area contributed by atoms with Gasteiger partial charge in [0.15, 0.2) is 0 Å². The fourth-order valence-corrected chi connectivity index (χ4v) is 5.63. The number of methoxy groups -OCH3 is 1. The lowest BCUT2D eigenvalue weighted by molar-refractivity contribution is -0.124. The molecule has 232 valence electrons. The maximum Gasteiger partial charge on any atom is 0.341 e. The molecule has 3 aromatic carbocycles. The third kappa shape index (κ3) is 7.49. The van der Waals surface area contributed by atoms with Crippen LogP contribution in [0.15, 0.2) is 60.7 Å². The third-order valence-corrected chi connectivity index (χ3v) is 8.21. The van der Waals surface area contributed by atoms with E-state index in [2.05, 4.69) is 15.0 Å². The van der Waals surface area contributed by atoms with Crippen molar-refractivity contribution >= 4 is 23.5 Å². The van der Waals surface area contributed by atoms with Gasteiger partial charge in [0.25, 0.3) is 0 Å². The molecule has 2 fully saturated rings. The molecular weight excluding hydrogens is 568 g/mol. The number of ether oxygens (including phenoxy) is 1. The van der Waals surface area contributed by atoms with Crippen molar-refractivity contribution in [2.75, 3.05) is 31.9 Å². The van der Waals surface area contributed by atoms with Crippen LogP contribution in [-0.2, 0) is 32.3 Å². The van der Waals surface area contributed by atoms with Gasteiger partial charge in [-0.1, -0.05) is 42.8 Å². The first-order valence-corrected chi connectivity index (χ1v) is 14.9. The number of carbonyl (C=O) groups excluding carboxylic acids is 3. The largest absolute Gasteiger partial charge is 0.465 e. The molecule has 0 spiro atoms. The number of amides is 2. The van der Waals surface area contributed by atoms with Gasteiger partial charge >= 0.3 is 5.97 Å². The number of benzene rings is 3. The van der Waals surface area contributed by atoms with E-state index < -0.39 is 17.6 Å². The van der Waals surface area contributed by atoms with Gasteiger partial charge in [0, 0.05) is 31.5 Å². The molecule has 2 atom stereocenters. The van der Waals surface area contributed by atoms with Gasteiger partial charge in [-0.15, -0.1) is 0 Å². The zero-order valence-corrected chi connectivity index (χ0v) is 25.0. The zero-order chi connectivity index (χ0) is 31.2. The number of anilines is 1. The topological polar surface area (TPSA) is 88.2 Å². The molecule has 44 heavy (non-hydrogen) atoms. The smallest absolute Gasteiger partial charge is 0.341 e. The fourth-order valence-electron chi connectivity index (χ4n) is 5.63. The maximum atomic E-state index is 15.0. The second-order valence-corrected chi connectivity index (χ2v) is 11.4. The second kappa shape index (κ2) is 14.1. The molecule has 3 aromatic rings. The SMILES string of the molecule is COC(=O)c1c(F)cccc1-c1ccc(CNC(=O)C2CC2CON(C(C)=O)c2ccc(CN3CCCCC3)cc2)c(F)c1. The summed E-state index contributed by atoms with van der Waals surface area (Å²) in [6.07, 6.45) is 4.35. The first-order chi connectivity index (χ1) is 21.2. The van der Waals surface area contributed by atoms with Crippen molar-refractivity contribution in [2.24, 2.45) is 11.8 Å². The molecule has 10 heteroatoms. The summed E-state index contributed by atoms with van der Waals surface area (Å²) < 4.78 is 34.0. The standard InChI is InChI=1S/C34H37F2N3O5/c1-22(40)39(27-13-9-23(10-14-27)20-38-15-4-3-5-16-38)44-21-26-17-29(26)33(41)37-19-25-12-11-24(18-31(25)36)28-7-6-8-30(35)32(28)34(42)43-2/h6-14,18,26,29H,3-5,15-17,19-21H2,1-2H3,(H,37,41). The van der Waals surface area contributed by atoms with Crippen molar-refractivity contribution in [3.05, 3.63) is 89.0 Å². The Balaban J connectivity index is 1.12. The molecule has 5 rings (SSSR count). The number of carbonyl (C=O) groups is 3. The molecule has 1 N–H and O–H groups in total. The summed E-state index contributed by atoms with van der Waals surface area (Å²) in [5, 5.41) is 4.03. The molecule has 2 amide bonds. The molecule has 0 aromatic heterocycles. The predicted octanol–water partition coefficient (Wildman–Crippen LogP) is 5.64. The summed E-state index contributed by atoms with van der Waals surface area (Å²) in [5.41, 5.74) is 2.31. The normalized spacial score (nSPS) is 18.0. The van der Waals surface area contributed by atoms with E-state index in [0.29, 0.717) is 17.7 Å². The van der Waals surface area contributed by atoms with Gasteiger partial charge in [0.2, 0.25) is 11.8 Å². The Morgan fingerprint density at radius 1 is 0.977 bits per heavy atom. The highest BCUT2D eigenvalue weighted by Gasteiger charge is 2.43. The maximum absolute atomic E-state index is 15.0. The Kier molecular flexibility index (Phi) is 10.0. The molecule has 1 aliphatic carbocycles. The first-order valence-electron chi connectivity index (χ1n) is 14.9. The van der Waals surface area contributed by atoms with Crippen molar-refractivity contribution in [3.8, 4) is 11.1 Å². The van der Waals surface area contributed by atoms with Gasteiger partial charge in [0.05, 0.1) is 19.4 Å². The van der Waals surface area contributed by atoms with Crippen LogP contribution in [-0.4, -0.2) is 49.5 Å². The first kappa shape index (κ1) is 31.3. The molecule has 0 bridgehead atoms. The monoisotopic (exact) mass is 605 g/mol. The Hall–Kier alpha value is -4.15. The number of hydrogen-bond acceptors (Lipinski definition) is 6. The predicted molar refractivity (Wildman–Crippen MR) is 161 cm³/mol. The number of nitrogens with zero attached hydrogens (tertiary/aromatic N) is 2. The van der Waals surface area contributed by atoms with E-state index in [1.165, 1.54) is 61.1 Å². The van der Waals surface area contributed by atoms with E-state index in [0.717, 1.165) is 32.8 Å². The minimum atomic E-state index is -0.856. The van der Waals surface area contributed by atoms with Crippen molar-refractivity contribution < 1.29 is 32.7 Å². The number of likely N-dealkylation sites (tertiary alicyclic amines) is 1. The van der Waals surface area contributed by atoms with Crippen LogP contribution in [0.3, 0.4) is 0 Å². The van der Waals surface area contributed by atoms with E-state index >= 15 is 0 Å². The summed E-state index contributed by atoms with van der Waals surface area (Å²) in [6, 6.07) is 16.1. The van der Waals surface area contributed by atoms with Crippen LogP contribution in [0.25, 0.3) is 11.1 Å². The van der Waals surface area contributed by atoms with Crippen LogP contribution < -0.4 is 10.4 Å². The quantitative estimate of drug-likeness (QED) is 0.225. The van der Waals surface area contributed by atoms with Crippen LogP contribution >= 0.6 is 0 Å². The van der Waals surface area contributed by atoms with E-state index in [-0.39, 0.29) is 53.5 Å². The van der Waals surface area contributed by atoms with Crippen molar-refractivity contribution in [3.63, 3.8) is 0 Å². The van der Waals surface area contributed by atoms with E-state index in [1.807, 2.05) is 24.3 Å². The average molecular weight is 606 g/mol. The summed E-state index contributed by atoms with van der Waals surface area (Å²) in [4.78, 5) is 45.4. The fraction of sp³-hybridized carbons (Fsp3) is 0.382. The van der Waals surface area contributed by atoms with E-state index in [9.17, 15) is 23.2 Å². The van der Waals surface area contributed by atoms with Crippen molar-refractivity contribution in [1.82, 2.24) is 10.2 Å². The molecule has 1 aliphatic heterocycles. The average Bonchev–Trinajstić information content (AvgIpc) is 3.81. The van der Waals surface area contributed by atoms with Crippen LogP contribution in [0.1, 0.15) is 54.1 Å². The molecule has 1 saturated carbocycles. The summed E-state index contributed by atoms with van der Waals surface area (Å²) in [6.45, 7) is 4.70. The highest BCUT2D eigenvalue weighted by molar-refractivity contribution is 5.97. The van der Waals surface area contributed by atoms with Gasteiger partial charge in [0.1, 0.15) is 17.2 Å². The number of nitrogens with one attached hydrogen (secondary N) is 1. The highest BCUT2D eigenvalue weighted by Crippen LogP contribution is 2.39. The van der Waals surface area contributed by atoms with Crippen LogP contribution in [0.5, 0.6) is 0 Å². The van der Waals surface area contributed by atoms with Crippen LogP contribution in [0.4, 0.5) is 14.5 Å². The third-order valence-electron chi connectivity index (χ3n) is 8.21. The molecule has 2 unspecified atom stereocenters. The van der Waals surface area contributed by atoms with Gasteiger partial charge in [-0.25, -0.2) is 13.6 Å². The van der Waals surface area contributed by atoms with Crippen molar-refractivity contribution in [1.29, 1.82) is 0 Å². The molecule has 8 nitrogen and oxygen atoms in total. The number of rotatable bonds is 11. The molecular formula is C34H37F2N3O5. The van der Waals surface area contributed by atoms with Crippen LogP contribution in [0.2, 0.25) is 0 Å². The minimum Gasteiger partial charge on any atom is -0.465 e. The highest BCUT2D eigenvalue weighted by atomic mass is 19.1. The number of piperidine rings is 1. The summed E-state index contributed by atoms with van der Waals surface area (Å²) in [5.74, 6) is -3.06. The number of halogens is 2. The van der Waals surface area contributed by atoms with E-state index in [1.54, 1.807) is 6.07 Å². The molecule has 1 saturated heterocycles. The summed E-state index contributed by atoms with van der Waals surface area (Å²) in [7, 11) is 1.15. The number of esters is 1. The number of hydroxylamine groups is 1. The van der Waals surface area contributed by atoms with Crippen molar-refractivity contribution in [2.45, 2.75) is 45.7 Å². The van der Waals surface area contributed by atoms with Gasteiger partial charge in [-0.2, -0.15) is 5.06 Å². The van der Waals surface area contributed by atoms with E-state index in [4.69, 9.17) is 4.84 Å². The van der Waals surface area contributed by atoms with Gasteiger partial charge < -0.3 is 10.1 Å². The van der Waals surface area contributed by atoms with Gasteiger partial charge in [-0.3, -0.25) is 19.3 Å². The van der Waals surface area contributed by atoms with Gasteiger partial charge in [-0.05, 0) is 79.2 Å². The molecule has 1 heterocycles. The minimum absolute atomic E-state index is 0.0363. The second-order valence-electron chi connectivity index (χ2n) is 11.4. The summed E-state index contributed by atoms with van der Waals surface area (Å²) >= 11 is 0. The lowest BCUT2D eigenvalue weighted by Crippen LogP contribution is -2.31. The number of hydrogen-bond donors (Lipinski definition) is 1. The molecule has 2 aliphatic rings.